The fourth-order valence-electron chi connectivity index (χ4n) is 3.49. The first-order valence-corrected chi connectivity index (χ1v) is 8.01. The van der Waals surface area contributed by atoms with E-state index in [2.05, 4.69) is 36.2 Å². The van der Waals surface area contributed by atoms with E-state index >= 15 is 0 Å². The number of fused-ring (bicyclic) bond motifs is 1. The van der Waals surface area contributed by atoms with E-state index in [0.717, 1.165) is 24.2 Å². The first-order valence-electron chi connectivity index (χ1n) is 8.01. The molecule has 0 unspecified atom stereocenters. The van der Waals surface area contributed by atoms with Gasteiger partial charge in [-0.3, -0.25) is 4.79 Å². The molecule has 23 heavy (non-hydrogen) atoms. The van der Waals surface area contributed by atoms with Crippen molar-refractivity contribution < 1.29 is 4.79 Å². The molecule has 0 N–H and O–H groups in total. The van der Waals surface area contributed by atoms with E-state index in [9.17, 15) is 4.79 Å². The van der Waals surface area contributed by atoms with E-state index in [1.54, 1.807) is 6.20 Å². The topological polar surface area (TPSA) is 37.6 Å². The van der Waals surface area contributed by atoms with Gasteiger partial charge in [0.2, 0.25) is 0 Å². The van der Waals surface area contributed by atoms with E-state index in [0.29, 0.717) is 5.92 Å². The zero-order chi connectivity index (χ0) is 15.8. The van der Waals surface area contributed by atoms with Crippen LogP contribution in [0.2, 0.25) is 0 Å². The highest BCUT2D eigenvalue weighted by Crippen LogP contribution is 2.32. The maximum atomic E-state index is 12.9. The Morgan fingerprint density at radius 2 is 2.00 bits per heavy atom. The van der Waals surface area contributed by atoms with Crippen molar-refractivity contribution >= 4 is 11.6 Å². The monoisotopic (exact) mass is 305 g/mol. The highest BCUT2D eigenvalue weighted by atomic mass is 16.2. The average molecular weight is 305 g/mol. The summed E-state index contributed by atoms with van der Waals surface area (Å²) in [7, 11) is 0. The van der Waals surface area contributed by atoms with Crippen molar-refractivity contribution in [2.24, 2.45) is 0 Å². The summed E-state index contributed by atoms with van der Waals surface area (Å²) >= 11 is 0. The van der Waals surface area contributed by atoms with Gasteiger partial charge in [0.15, 0.2) is 0 Å². The summed E-state index contributed by atoms with van der Waals surface area (Å²) in [5.41, 5.74) is 2.90. The minimum absolute atomic E-state index is 0.103. The number of hydrogen-bond donors (Lipinski definition) is 0. The Kier molecular flexibility index (Phi) is 3.37. The molecule has 3 heterocycles. The third kappa shape index (κ3) is 2.50. The zero-order valence-corrected chi connectivity index (χ0v) is 13.1. The zero-order valence-electron chi connectivity index (χ0n) is 13.1. The molecular weight excluding hydrogens is 286 g/mol. The molecule has 1 aliphatic rings. The van der Waals surface area contributed by atoms with Gasteiger partial charge in [0.25, 0.3) is 5.91 Å². The second-order valence-electron chi connectivity index (χ2n) is 6.26. The number of imidazole rings is 1. The molecule has 4 rings (SSSR count). The number of likely N-dealkylation sites (tertiary alicyclic amines) is 1. The molecule has 1 aromatic carbocycles. The lowest BCUT2D eigenvalue weighted by Crippen LogP contribution is -2.34. The number of aromatic nitrogens is 2. The Hall–Kier alpha value is -2.62. The molecule has 4 heteroatoms. The summed E-state index contributed by atoms with van der Waals surface area (Å²) in [4.78, 5) is 19.1. The molecule has 4 nitrogen and oxygen atoms in total. The minimum atomic E-state index is 0.103. The number of pyridine rings is 1. The van der Waals surface area contributed by atoms with Crippen LogP contribution in [-0.4, -0.2) is 32.8 Å². The van der Waals surface area contributed by atoms with Crippen molar-refractivity contribution in [2.75, 3.05) is 6.54 Å². The Balaban J connectivity index is 1.58. The SMILES string of the molecule is C[C@H]1C[C@@H](c2ccccc2)CN1C(=O)c1ccc2nccn2c1. The second-order valence-corrected chi connectivity index (χ2v) is 6.26. The Morgan fingerprint density at radius 3 is 2.83 bits per heavy atom. The van der Waals surface area contributed by atoms with Crippen LogP contribution in [-0.2, 0) is 0 Å². The number of rotatable bonds is 2. The molecule has 1 fully saturated rings. The van der Waals surface area contributed by atoms with Crippen molar-refractivity contribution in [2.45, 2.75) is 25.3 Å². The van der Waals surface area contributed by atoms with Gasteiger partial charge in [-0.15, -0.1) is 0 Å². The van der Waals surface area contributed by atoms with Crippen LogP contribution in [0.25, 0.3) is 5.65 Å². The minimum Gasteiger partial charge on any atom is -0.335 e. The predicted molar refractivity (Wildman–Crippen MR) is 89.5 cm³/mol. The molecule has 0 saturated carbocycles. The van der Waals surface area contributed by atoms with Crippen molar-refractivity contribution in [3.63, 3.8) is 0 Å². The average Bonchev–Trinajstić information content (AvgIpc) is 3.20. The maximum absolute atomic E-state index is 12.9. The quantitative estimate of drug-likeness (QED) is 0.728. The molecule has 0 bridgehead atoms. The van der Waals surface area contributed by atoms with Crippen LogP contribution < -0.4 is 0 Å². The molecule has 3 aromatic rings. The van der Waals surface area contributed by atoms with Gasteiger partial charge in [-0.1, -0.05) is 30.3 Å². The van der Waals surface area contributed by atoms with Crippen LogP contribution in [0.3, 0.4) is 0 Å². The predicted octanol–water partition coefficient (Wildman–Crippen LogP) is 3.35. The first kappa shape index (κ1) is 14.0. The molecule has 2 aromatic heterocycles. The molecule has 0 radical (unpaired) electrons. The molecule has 1 saturated heterocycles. The van der Waals surface area contributed by atoms with E-state index < -0.39 is 0 Å². The lowest BCUT2D eigenvalue weighted by atomic mass is 9.97. The highest BCUT2D eigenvalue weighted by molar-refractivity contribution is 5.94. The summed E-state index contributed by atoms with van der Waals surface area (Å²) in [6.07, 6.45) is 6.50. The third-order valence-electron chi connectivity index (χ3n) is 4.74. The van der Waals surface area contributed by atoms with Gasteiger partial charge in [0.1, 0.15) is 5.65 Å². The first-order chi connectivity index (χ1) is 11.2. The molecule has 0 spiro atoms. The summed E-state index contributed by atoms with van der Waals surface area (Å²) in [6.45, 7) is 2.92. The van der Waals surface area contributed by atoms with Gasteiger partial charge in [0, 0.05) is 37.1 Å². The van der Waals surface area contributed by atoms with E-state index in [4.69, 9.17) is 0 Å². The molecule has 1 aliphatic heterocycles. The second kappa shape index (κ2) is 5.54. The largest absolute Gasteiger partial charge is 0.335 e. The van der Waals surface area contributed by atoms with Crippen LogP contribution in [0.1, 0.15) is 35.2 Å². The number of carbonyl (C=O) groups is 1. The number of hydrogen-bond acceptors (Lipinski definition) is 2. The normalized spacial score (nSPS) is 21.0. The molecule has 0 aliphatic carbocycles. The van der Waals surface area contributed by atoms with Crippen LogP contribution in [0.4, 0.5) is 0 Å². The molecular formula is C19H19N3O. The Bertz CT molecular complexity index is 840. The summed E-state index contributed by atoms with van der Waals surface area (Å²) in [5.74, 6) is 0.527. The smallest absolute Gasteiger partial charge is 0.255 e. The van der Waals surface area contributed by atoms with Crippen molar-refractivity contribution in [1.82, 2.24) is 14.3 Å². The molecule has 1 amide bonds. The number of nitrogens with zero attached hydrogens (tertiary/aromatic N) is 3. The standard InChI is InChI=1S/C19H19N3O/c1-14-11-17(15-5-3-2-4-6-15)13-22(14)19(23)16-7-8-18-20-9-10-21(18)12-16/h2-10,12,14,17H,11,13H2,1H3/t14-,17+/m0/s1. The third-order valence-corrected chi connectivity index (χ3v) is 4.74. The van der Waals surface area contributed by atoms with E-state index in [1.807, 2.05) is 39.9 Å². The van der Waals surface area contributed by atoms with Gasteiger partial charge < -0.3 is 9.30 Å². The van der Waals surface area contributed by atoms with E-state index in [-0.39, 0.29) is 11.9 Å². The summed E-state index contributed by atoms with van der Waals surface area (Å²) in [5, 5.41) is 0. The van der Waals surface area contributed by atoms with Crippen LogP contribution in [0, 0.1) is 0 Å². The molecule has 116 valence electrons. The number of amides is 1. The summed E-state index contributed by atoms with van der Waals surface area (Å²) < 4.78 is 1.89. The van der Waals surface area contributed by atoms with Gasteiger partial charge in [0.05, 0.1) is 5.56 Å². The van der Waals surface area contributed by atoms with Crippen molar-refractivity contribution in [1.29, 1.82) is 0 Å². The van der Waals surface area contributed by atoms with Crippen molar-refractivity contribution in [3.05, 3.63) is 72.2 Å². The fourth-order valence-corrected chi connectivity index (χ4v) is 3.49. The van der Waals surface area contributed by atoms with Gasteiger partial charge in [-0.05, 0) is 31.0 Å². The lowest BCUT2D eigenvalue weighted by molar-refractivity contribution is 0.0745. The molecule has 2 atom stereocenters. The lowest BCUT2D eigenvalue weighted by Gasteiger charge is -2.21. The van der Waals surface area contributed by atoms with Crippen molar-refractivity contribution in [3.8, 4) is 0 Å². The van der Waals surface area contributed by atoms with Crippen LogP contribution in [0.5, 0.6) is 0 Å². The Morgan fingerprint density at radius 1 is 1.17 bits per heavy atom. The number of benzene rings is 1. The Labute approximate surface area is 135 Å². The van der Waals surface area contributed by atoms with E-state index in [1.165, 1.54) is 5.56 Å². The van der Waals surface area contributed by atoms with Crippen LogP contribution in [0.15, 0.2) is 61.1 Å². The highest BCUT2D eigenvalue weighted by Gasteiger charge is 2.33. The number of carbonyl (C=O) groups excluding carboxylic acids is 1. The van der Waals surface area contributed by atoms with Gasteiger partial charge in [-0.25, -0.2) is 4.98 Å². The summed E-state index contributed by atoms with van der Waals surface area (Å²) in [6, 6.07) is 14.5. The van der Waals surface area contributed by atoms with Crippen LogP contribution >= 0.6 is 0 Å². The fraction of sp³-hybridized carbons (Fsp3) is 0.263. The maximum Gasteiger partial charge on any atom is 0.255 e. The van der Waals surface area contributed by atoms with Gasteiger partial charge >= 0.3 is 0 Å². The van der Waals surface area contributed by atoms with Gasteiger partial charge in [-0.2, -0.15) is 0 Å².